The van der Waals surface area contributed by atoms with Crippen LogP contribution in [0.3, 0.4) is 0 Å². The maximum Gasteiger partial charge on any atom is 0.338 e. The van der Waals surface area contributed by atoms with Crippen LogP contribution < -0.4 is 0 Å². The van der Waals surface area contributed by atoms with E-state index in [1.54, 1.807) is 0 Å². The molecule has 0 bridgehead atoms. The van der Waals surface area contributed by atoms with Crippen molar-refractivity contribution in [2.24, 2.45) is 62.6 Å². The van der Waals surface area contributed by atoms with Gasteiger partial charge in [-0.15, -0.1) is 0 Å². The van der Waals surface area contributed by atoms with Crippen molar-refractivity contribution >= 4 is 17.9 Å². The number of carboxylic acid groups (broad SMARTS) is 1. The molecule has 6 rings (SSSR count). The minimum absolute atomic E-state index is 0.0522. The Bertz CT molecular complexity index is 1480. The van der Waals surface area contributed by atoms with Crippen molar-refractivity contribution < 1.29 is 39.2 Å². The summed E-state index contributed by atoms with van der Waals surface area (Å²) in [6, 6.07) is 3.84. The zero-order valence-electron chi connectivity index (χ0n) is 28.5. The zero-order chi connectivity index (χ0) is 33.8. The van der Waals surface area contributed by atoms with Gasteiger partial charge in [-0.3, -0.25) is 9.59 Å². The molecule has 5 aliphatic rings. The van der Waals surface area contributed by atoms with Crippen molar-refractivity contribution in [3.05, 3.63) is 35.9 Å². The van der Waals surface area contributed by atoms with Crippen molar-refractivity contribution in [1.82, 2.24) is 0 Å². The molecule has 0 unspecified atom stereocenters. The number of phenolic OH excluding ortho intramolecular Hbond substituents is 2. The number of aromatic hydroxyl groups is 2. The van der Waals surface area contributed by atoms with Gasteiger partial charge in [-0.05, 0) is 122 Å². The van der Waals surface area contributed by atoms with Crippen LogP contribution in [-0.2, 0) is 19.1 Å². The molecule has 0 aliphatic heterocycles. The van der Waals surface area contributed by atoms with E-state index in [1.807, 2.05) is 0 Å². The molecule has 1 aromatic rings. The highest BCUT2D eigenvalue weighted by atomic mass is 16.6. The fourth-order valence-electron chi connectivity index (χ4n) is 12.9. The summed E-state index contributed by atoms with van der Waals surface area (Å²) in [5, 5.41) is 30.5. The monoisotopic (exact) mass is 636 g/mol. The van der Waals surface area contributed by atoms with E-state index in [-0.39, 0.29) is 57.7 Å². The van der Waals surface area contributed by atoms with Gasteiger partial charge in [-0.2, -0.15) is 0 Å². The van der Waals surface area contributed by atoms with Gasteiger partial charge in [-0.25, -0.2) is 4.79 Å². The summed E-state index contributed by atoms with van der Waals surface area (Å²) >= 11 is 0. The van der Waals surface area contributed by atoms with Crippen molar-refractivity contribution in [2.45, 2.75) is 99.0 Å². The Morgan fingerprint density at radius 3 is 2.17 bits per heavy atom. The summed E-state index contributed by atoms with van der Waals surface area (Å²) in [4.78, 5) is 40.5. The number of phenols is 2. The van der Waals surface area contributed by atoms with Gasteiger partial charge in [-0.1, -0.05) is 46.8 Å². The Morgan fingerprint density at radius 1 is 0.870 bits per heavy atom. The highest BCUT2D eigenvalue weighted by molar-refractivity contribution is 5.90. The molecule has 0 aromatic heterocycles. The second-order valence-corrected chi connectivity index (χ2v) is 16.9. The zero-order valence-corrected chi connectivity index (χ0v) is 28.5. The van der Waals surface area contributed by atoms with Crippen LogP contribution in [0, 0.1) is 62.6 Å². The van der Waals surface area contributed by atoms with E-state index >= 15 is 0 Å². The first-order valence-electron chi connectivity index (χ1n) is 17.1. The number of hydrogen-bond donors (Lipinski definition) is 3. The molecule has 46 heavy (non-hydrogen) atoms. The van der Waals surface area contributed by atoms with E-state index in [2.05, 4.69) is 48.1 Å². The maximum atomic E-state index is 14.0. The van der Waals surface area contributed by atoms with Crippen molar-refractivity contribution in [2.75, 3.05) is 7.11 Å². The lowest BCUT2D eigenvalue weighted by molar-refractivity contribution is -0.228. The number of esters is 2. The van der Waals surface area contributed by atoms with Crippen LogP contribution in [0.15, 0.2) is 30.4 Å². The van der Waals surface area contributed by atoms with E-state index in [0.717, 1.165) is 44.1 Å². The number of hydrogen-bond acceptors (Lipinski definition) is 7. The molecule has 5 fully saturated rings. The van der Waals surface area contributed by atoms with Crippen LogP contribution in [0.4, 0.5) is 0 Å². The Hall–Kier alpha value is -3.03. The van der Waals surface area contributed by atoms with Crippen LogP contribution in [0.25, 0.3) is 0 Å². The quantitative estimate of drug-likeness (QED) is 0.173. The predicted molar refractivity (Wildman–Crippen MR) is 172 cm³/mol. The third-order valence-electron chi connectivity index (χ3n) is 15.2. The summed E-state index contributed by atoms with van der Waals surface area (Å²) < 4.78 is 11.8. The Kier molecular flexibility index (Phi) is 7.50. The topological polar surface area (TPSA) is 130 Å². The molecule has 0 spiro atoms. The van der Waals surface area contributed by atoms with Crippen LogP contribution in [0.2, 0.25) is 0 Å². The molecule has 3 N–H and O–H groups in total. The number of fused-ring (bicyclic) bond motifs is 7. The van der Waals surface area contributed by atoms with Gasteiger partial charge >= 0.3 is 17.9 Å². The molecular formula is C38H52O8. The molecule has 5 aliphatic carbocycles. The Balaban J connectivity index is 1.41. The first-order valence-corrected chi connectivity index (χ1v) is 17.1. The molecule has 11 atom stereocenters. The normalized spacial score (nSPS) is 43.8. The minimum Gasteiger partial charge on any atom is -0.504 e. The summed E-state index contributed by atoms with van der Waals surface area (Å²) in [6.45, 7) is 17.6. The lowest BCUT2D eigenvalue weighted by Crippen LogP contribution is -2.65. The van der Waals surface area contributed by atoms with Gasteiger partial charge in [0.1, 0.15) is 12.0 Å². The summed E-state index contributed by atoms with van der Waals surface area (Å²) in [5.41, 5.74) is -0.903. The van der Waals surface area contributed by atoms with Gasteiger partial charge in [0.05, 0.1) is 18.1 Å². The Labute approximate surface area is 272 Å². The van der Waals surface area contributed by atoms with E-state index in [0.29, 0.717) is 12.8 Å². The number of methoxy groups -OCH3 is 1. The van der Waals surface area contributed by atoms with Crippen LogP contribution in [0.1, 0.15) is 103 Å². The van der Waals surface area contributed by atoms with E-state index in [4.69, 9.17) is 9.47 Å². The second-order valence-electron chi connectivity index (χ2n) is 16.9. The van der Waals surface area contributed by atoms with Gasteiger partial charge in [0.15, 0.2) is 11.5 Å². The fraction of sp³-hybridized carbons (Fsp3) is 0.711. The molecule has 5 saturated carbocycles. The van der Waals surface area contributed by atoms with E-state index in [1.165, 1.54) is 25.3 Å². The molecule has 0 radical (unpaired) electrons. The number of benzene rings is 1. The smallest absolute Gasteiger partial charge is 0.338 e. The number of carbonyl (C=O) groups excluding carboxylic acids is 2. The van der Waals surface area contributed by atoms with Gasteiger partial charge in [0.2, 0.25) is 0 Å². The van der Waals surface area contributed by atoms with Gasteiger partial charge < -0.3 is 24.8 Å². The number of ether oxygens (including phenoxy) is 2. The van der Waals surface area contributed by atoms with Gasteiger partial charge in [0.25, 0.3) is 0 Å². The van der Waals surface area contributed by atoms with Crippen LogP contribution >= 0.6 is 0 Å². The number of carbonyl (C=O) groups is 3. The third kappa shape index (κ3) is 4.06. The third-order valence-corrected chi connectivity index (χ3v) is 15.2. The largest absolute Gasteiger partial charge is 0.504 e. The number of carboxylic acids is 1. The van der Waals surface area contributed by atoms with Crippen molar-refractivity contribution in [3.63, 3.8) is 0 Å². The van der Waals surface area contributed by atoms with E-state index < -0.39 is 46.0 Å². The second kappa shape index (κ2) is 10.5. The molecule has 252 valence electrons. The number of aliphatic carboxylic acids is 1. The lowest BCUT2D eigenvalue weighted by atomic mass is 9.34. The Morgan fingerprint density at radius 2 is 1.57 bits per heavy atom. The number of rotatable bonds is 5. The lowest BCUT2D eigenvalue weighted by Gasteiger charge is -2.70. The first-order chi connectivity index (χ1) is 21.4. The molecule has 0 heterocycles. The standard InChI is InChI=1S/C38H52O8/c1-20(2)22-13-16-38(33(43)44)18-17-35(5)23(28(22)38)10-12-27-36(35,6)15-14-26-34(3,4)30(29(32(42)45-8)37(26,27)7)46-31(41)21-9-11-24(39)25(40)19-21/h9,11,19,22-23,26-30,39-40H,1,10,12-18H2,2-8H3,(H,43,44)/t22-,23+,26-,27-,28+,29+,30-,35+,36+,37-,38-/m0/s1. The average molecular weight is 637 g/mol. The molecule has 0 amide bonds. The van der Waals surface area contributed by atoms with E-state index in [9.17, 15) is 29.7 Å². The SMILES string of the molecule is C=C(C)[C@@H]1CC[C@]2(C(=O)O)CC[C@]3(C)[C@H](CC[C@@H]4[C@@]5(C)[C@@H](C(=O)OC)[C@H](OC(=O)c6ccc(O)c(O)c6)C(C)(C)[C@@H]5CC[C@]43C)[C@@H]12. The minimum atomic E-state index is -0.764. The molecule has 1 aromatic carbocycles. The summed E-state index contributed by atoms with van der Waals surface area (Å²) in [6.07, 6.45) is 5.91. The van der Waals surface area contributed by atoms with Crippen LogP contribution in [0.5, 0.6) is 11.5 Å². The number of allylic oxidation sites excluding steroid dienone is 1. The molecular weight excluding hydrogens is 584 g/mol. The van der Waals surface area contributed by atoms with Crippen molar-refractivity contribution in [1.29, 1.82) is 0 Å². The molecule has 8 heteroatoms. The summed E-state index contributed by atoms with van der Waals surface area (Å²) in [7, 11) is 1.40. The highest BCUT2D eigenvalue weighted by Crippen LogP contribution is 2.79. The van der Waals surface area contributed by atoms with Gasteiger partial charge in [0, 0.05) is 5.41 Å². The van der Waals surface area contributed by atoms with Crippen molar-refractivity contribution in [3.8, 4) is 11.5 Å². The predicted octanol–water partition coefficient (Wildman–Crippen LogP) is 7.37. The first kappa shape index (κ1) is 32.9. The summed E-state index contributed by atoms with van der Waals surface area (Å²) in [5.74, 6) is -2.44. The molecule has 8 nitrogen and oxygen atoms in total. The molecule has 0 saturated heterocycles. The fourth-order valence-corrected chi connectivity index (χ4v) is 12.9. The van der Waals surface area contributed by atoms with Crippen LogP contribution in [-0.4, -0.2) is 46.4 Å². The highest BCUT2D eigenvalue weighted by Gasteiger charge is 2.76. The maximum absolute atomic E-state index is 14.0. The average Bonchev–Trinajstić information content (AvgIpc) is 3.46.